The Kier molecular flexibility index (Phi) is 3.92. The van der Waals surface area contributed by atoms with Crippen LogP contribution in [-0.2, 0) is 13.5 Å². The van der Waals surface area contributed by atoms with E-state index in [1.165, 1.54) is 62.6 Å². The van der Waals surface area contributed by atoms with Crippen molar-refractivity contribution in [1.29, 1.82) is 0 Å². The molecule has 1 heterocycles. The zero-order chi connectivity index (χ0) is 13.2. The monoisotopic (exact) mass is 261 g/mol. The zero-order valence-electron chi connectivity index (χ0n) is 12.4. The van der Waals surface area contributed by atoms with Crippen LogP contribution < -0.4 is 5.32 Å². The third-order valence-corrected chi connectivity index (χ3v) is 5.07. The molecule has 2 aliphatic rings. The van der Waals surface area contributed by atoms with E-state index in [2.05, 4.69) is 35.3 Å². The minimum absolute atomic E-state index is 0.552. The van der Waals surface area contributed by atoms with Crippen molar-refractivity contribution in [3.8, 4) is 0 Å². The van der Waals surface area contributed by atoms with Crippen LogP contribution in [0.4, 0.5) is 0 Å². The number of rotatable bonds is 2. The molecule has 0 radical (unpaired) electrons. The minimum atomic E-state index is 0.552. The van der Waals surface area contributed by atoms with Gasteiger partial charge in [0.1, 0.15) is 0 Å². The fourth-order valence-corrected chi connectivity index (χ4v) is 3.82. The maximum Gasteiger partial charge on any atom is 0.0540 e. The van der Waals surface area contributed by atoms with Crippen molar-refractivity contribution in [2.45, 2.75) is 70.4 Å². The largest absolute Gasteiger partial charge is 0.307 e. The zero-order valence-corrected chi connectivity index (χ0v) is 12.4. The van der Waals surface area contributed by atoms with Gasteiger partial charge in [0.05, 0.1) is 6.20 Å². The number of hydrogen-bond donors (Lipinski definition) is 1. The summed E-state index contributed by atoms with van der Waals surface area (Å²) in [5.74, 6) is 0.923. The van der Waals surface area contributed by atoms with Crippen LogP contribution in [0, 0.1) is 5.92 Å². The highest BCUT2D eigenvalue weighted by Crippen LogP contribution is 2.31. The second-order valence-electron chi connectivity index (χ2n) is 6.59. The lowest BCUT2D eigenvalue weighted by Crippen LogP contribution is -2.34. The standard InChI is InChI=1S/C16H27N3/c1-12-5-3-6-13(10-9-12)18-15-7-4-8-16-14(15)11-17-19(16)2/h11-13,15,18H,3-10H2,1-2H3. The first kappa shape index (κ1) is 13.2. The van der Waals surface area contributed by atoms with Crippen molar-refractivity contribution < 1.29 is 0 Å². The fourth-order valence-electron chi connectivity index (χ4n) is 3.82. The molecular weight excluding hydrogens is 234 g/mol. The van der Waals surface area contributed by atoms with Crippen LogP contribution in [-0.4, -0.2) is 15.8 Å². The predicted molar refractivity (Wildman–Crippen MR) is 78.1 cm³/mol. The smallest absolute Gasteiger partial charge is 0.0540 e. The van der Waals surface area contributed by atoms with Crippen LogP contribution in [0.15, 0.2) is 6.20 Å². The summed E-state index contributed by atoms with van der Waals surface area (Å²) in [4.78, 5) is 0. The molecule has 3 nitrogen and oxygen atoms in total. The highest BCUT2D eigenvalue weighted by molar-refractivity contribution is 5.24. The van der Waals surface area contributed by atoms with E-state index in [0.717, 1.165) is 12.0 Å². The van der Waals surface area contributed by atoms with Gasteiger partial charge in [-0.15, -0.1) is 0 Å². The summed E-state index contributed by atoms with van der Waals surface area (Å²) in [5.41, 5.74) is 2.91. The van der Waals surface area contributed by atoms with E-state index >= 15 is 0 Å². The van der Waals surface area contributed by atoms with E-state index < -0.39 is 0 Å². The summed E-state index contributed by atoms with van der Waals surface area (Å²) < 4.78 is 2.07. The Morgan fingerprint density at radius 3 is 2.95 bits per heavy atom. The highest BCUT2D eigenvalue weighted by Gasteiger charge is 2.26. The van der Waals surface area contributed by atoms with Gasteiger partial charge in [0.15, 0.2) is 0 Å². The third kappa shape index (κ3) is 2.86. The lowest BCUT2D eigenvalue weighted by atomic mass is 9.91. The van der Waals surface area contributed by atoms with Gasteiger partial charge in [0, 0.05) is 30.4 Å². The van der Waals surface area contributed by atoms with Gasteiger partial charge in [-0.05, 0) is 44.4 Å². The van der Waals surface area contributed by atoms with Crippen LogP contribution >= 0.6 is 0 Å². The molecule has 3 atom stereocenters. The summed E-state index contributed by atoms with van der Waals surface area (Å²) in [6.45, 7) is 2.40. The Bertz CT molecular complexity index is 424. The molecule has 0 aromatic carbocycles. The van der Waals surface area contributed by atoms with E-state index in [1.54, 1.807) is 0 Å². The first-order valence-corrected chi connectivity index (χ1v) is 8.01. The first-order valence-electron chi connectivity index (χ1n) is 8.01. The molecule has 19 heavy (non-hydrogen) atoms. The van der Waals surface area contributed by atoms with Gasteiger partial charge in [-0.25, -0.2) is 0 Å². The van der Waals surface area contributed by atoms with Crippen LogP contribution in [0.25, 0.3) is 0 Å². The summed E-state index contributed by atoms with van der Waals surface area (Å²) >= 11 is 0. The molecule has 3 rings (SSSR count). The normalized spacial score (nSPS) is 31.8. The quantitative estimate of drug-likeness (QED) is 0.827. The van der Waals surface area contributed by atoms with Crippen LogP contribution in [0.5, 0.6) is 0 Å². The van der Waals surface area contributed by atoms with Crippen molar-refractivity contribution in [2.24, 2.45) is 13.0 Å². The first-order chi connectivity index (χ1) is 9.24. The average Bonchev–Trinajstić information content (AvgIpc) is 2.66. The number of fused-ring (bicyclic) bond motifs is 1. The van der Waals surface area contributed by atoms with Crippen molar-refractivity contribution in [3.63, 3.8) is 0 Å². The van der Waals surface area contributed by atoms with Crippen molar-refractivity contribution in [1.82, 2.24) is 15.1 Å². The highest BCUT2D eigenvalue weighted by atomic mass is 15.3. The number of aryl methyl sites for hydroxylation is 1. The number of hydrogen-bond acceptors (Lipinski definition) is 2. The predicted octanol–water partition coefficient (Wildman–Crippen LogP) is 3.36. The summed E-state index contributed by atoms with van der Waals surface area (Å²) in [5, 5.41) is 8.38. The van der Waals surface area contributed by atoms with Crippen LogP contribution in [0.3, 0.4) is 0 Å². The Balaban J connectivity index is 1.67. The molecule has 1 fully saturated rings. The van der Waals surface area contributed by atoms with Gasteiger partial charge in [0.2, 0.25) is 0 Å². The fraction of sp³-hybridized carbons (Fsp3) is 0.812. The lowest BCUT2D eigenvalue weighted by molar-refractivity contribution is 0.363. The van der Waals surface area contributed by atoms with E-state index in [1.807, 2.05) is 0 Å². The molecule has 106 valence electrons. The van der Waals surface area contributed by atoms with E-state index in [9.17, 15) is 0 Å². The molecule has 1 saturated carbocycles. The van der Waals surface area contributed by atoms with Gasteiger partial charge < -0.3 is 5.32 Å². The topological polar surface area (TPSA) is 29.9 Å². The van der Waals surface area contributed by atoms with Gasteiger partial charge >= 0.3 is 0 Å². The average molecular weight is 261 g/mol. The van der Waals surface area contributed by atoms with Crippen molar-refractivity contribution in [3.05, 3.63) is 17.5 Å². The Morgan fingerprint density at radius 1 is 1.16 bits per heavy atom. The molecule has 0 amide bonds. The molecule has 0 spiro atoms. The second-order valence-corrected chi connectivity index (χ2v) is 6.59. The Labute approximate surface area is 116 Å². The molecule has 0 bridgehead atoms. The summed E-state index contributed by atoms with van der Waals surface area (Å²) in [7, 11) is 2.08. The van der Waals surface area contributed by atoms with Gasteiger partial charge in [0.25, 0.3) is 0 Å². The summed E-state index contributed by atoms with van der Waals surface area (Å²) in [6.07, 6.45) is 12.8. The third-order valence-electron chi connectivity index (χ3n) is 5.07. The number of nitrogens with one attached hydrogen (secondary N) is 1. The molecule has 0 aliphatic heterocycles. The van der Waals surface area contributed by atoms with E-state index in [4.69, 9.17) is 0 Å². The Morgan fingerprint density at radius 2 is 2.05 bits per heavy atom. The molecular formula is C16H27N3. The van der Waals surface area contributed by atoms with Crippen LogP contribution in [0.1, 0.15) is 69.2 Å². The number of nitrogens with zero attached hydrogens (tertiary/aromatic N) is 2. The summed E-state index contributed by atoms with van der Waals surface area (Å²) in [6, 6.07) is 1.27. The maximum atomic E-state index is 4.45. The molecule has 1 N–H and O–H groups in total. The van der Waals surface area contributed by atoms with Crippen LogP contribution in [0.2, 0.25) is 0 Å². The van der Waals surface area contributed by atoms with Gasteiger partial charge in [-0.3, -0.25) is 4.68 Å². The maximum absolute atomic E-state index is 4.45. The minimum Gasteiger partial charge on any atom is -0.307 e. The Hall–Kier alpha value is -0.830. The van der Waals surface area contributed by atoms with Gasteiger partial charge in [-0.2, -0.15) is 5.10 Å². The molecule has 0 saturated heterocycles. The molecule has 3 heteroatoms. The molecule has 3 unspecified atom stereocenters. The second kappa shape index (κ2) is 5.66. The lowest BCUT2D eigenvalue weighted by Gasteiger charge is -2.28. The van der Waals surface area contributed by atoms with E-state index in [0.29, 0.717) is 6.04 Å². The number of aromatic nitrogens is 2. The molecule has 1 aromatic heterocycles. The van der Waals surface area contributed by atoms with E-state index in [-0.39, 0.29) is 0 Å². The molecule has 1 aromatic rings. The van der Waals surface area contributed by atoms with Crippen molar-refractivity contribution >= 4 is 0 Å². The molecule has 2 aliphatic carbocycles. The SMILES string of the molecule is CC1CCCC(NC2CCCc3c2cnn3C)CC1. The van der Waals surface area contributed by atoms with Crippen molar-refractivity contribution in [2.75, 3.05) is 0 Å². The van der Waals surface area contributed by atoms with Gasteiger partial charge in [-0.1, -0.05) is 19.8 Å².